The molecule has 0 amide bonds. The number of benzene rings is 1. The Labute approximate surface area is 139 Å². The van der Waals surface area contributed by atoms with Gasteiger partial charge in [0.25, 0.3) is 0 Å². The van der Waals surface area contributed by atoms with Gasteiger partial charge in [0, 0.05) is 23.8 Å². The lowest BCUT2D eigenvalue weighted by Gasteiger charge is -2.04. The first-order chi connectivity index (χ1) is 11.9. The zero-order valence-electron chi connectivity index (χ0n) is 13.4. The first-order valence-electron chi connectivity index (χ1n) is 8.57. The summed E-state index contributed by atoms with van der Waals surface area (Å²) in [6, 6.07) is 10.2. The third-order valence-corrected chi connectivity index (χ3v) is 4.94. The van der Waals surface area contributed by atoms with Crippen molar-refractivity contribution in [2.24, 2.45) is 0 Å². The average molecular weight is 321 g/mol. The largest absolute Gasteiger partial charge is 0.381 e. The smallest absolute Gasteiger partial charge is 0.184 e. The highest BCUT2D eigenvalue weighted by Crippen LogP contribution is 2.32. The molecule has 0 spiro atoms. The molecule has 5 rings (SSSR count). The minimum absolute atomic E-state index is 0.278. The van der Waals surface area contributed by atoms with Gasteiger partial charge >= 0.3 is 0 Å². The Morgan fingerprint density at radius 1 is 1.17 bits per heavy atom. The van der Waals surface area contributed by atoms with Crippen LogP contribution in [0.25, 0.3) is 17.2 Å². The fourth-order valence-corrected chi connectivity index (χ4v) is 3.65. The zero-order chi connectivity index (χ0) is 15.9. The van der Waals surface area contributed by atoms with E-state index in [9.17, 15) is 0 Å². The van der Waals surface area contributed by atoms with E-state index < -0.39 is 0 Å². The Balaban J connectivity index is 1.66. The quantitative estimate of drug-likeness (QED) is 0.805. The molecule has 1 fully saturated rings. The van der Waals surface area contributed by atoms with Crippen LogP contribution in [0.5, 0.6) is 0 Å². The van der Waals surface area contributed by atoms with E-state index in [1.54, 1.807) is 0 Å². The van der Waals surface area contributed by atoms with Gasteiger partial charge in [0.2, 0.25) is 0 Å². The predicted octanol–water partition coefficient (Wildman–Crippen LogP) is 2.65. The molecule has 24 heavy (non-hydrogen) atoms. The van der Waals surface area contributed by atoms with Crippen LogP contribution in [0.1, 0.15) is 35.8 Å². The van der Waals surface area contributed by atoms with Crippen LogP contribution in [-0.4, -0.2) is 38.2 Å². The number of H-pyrrole nitrogens is 1. The molecule has 1 aliphatic heterocycles. The molecule has 122 valence electrons. The Morgan fingerprint density at radius 3 is 2.92 bits per heavy atom. The summed E-state index contributed by atoms with van der Waals surface area (Å²) in [5.41, 5.74) is 4.51. The van der Waals surface area contributed by atoms with Gasteiger partial charge in [-0.3, -0.25) is 5.10 Å². The molecular formula is C18H19N5O. The highest BCUT2D eigenvalue weighted by Gasteiger charge is 2.28. The maximum Gasteiger partial charge on any atom is 0.184 e. The van der Waals surface area contributed by atoms with E-state index >= 15 is 0 Å². The standard InChI is InChI=1S/C18H19N5O/c1-2-5-13(6-3-1)23-18(16-14-7-4-8-15(14)20-21-16)19-17(22-23)12-9-10-24-11-12/h1-3,5-6,12H,4,7-11H2,(H,20,21). The first-order valence-corrected chi connectivity index (χ1v) is 8.57. The number of rotatable bonds is 3. The van der Waals surface area contributed by atoms with E-state index in [0.29, 0.717) is 6.61 Å². The van der Waals surface area contributed by atoms with Crippen molar-refractivity contribution in [3.05, 3.63) is 47.4 Å². The highest BCUT2D eigenvalue weighted by atomic mass is 16.5. The number of hydrogen-bond acceptors (Lipinski definition) is 4. The summed E-state index contributed by atoms with van der Waals surface area (Å²) in [5, 5.41) is 12.6. The van der Waals surface area contributed by atoms with Crippen LogP contribution in [0.4, 0.5) is 0 Å². The number of ether oxygens (including phenoxy) is 1. The molecule has 1 saturated heterocycles. The van der Waals surface area contributed by atoms with Gasteiger partial charge in [-0.1, -0.05) is 18.2 Å². The monoisotopic (exact) mass is 321 g/mol. The molecule has 0 saturated carbocycles. The molecule has 1 aliphatic carbocycles. The van der Waals surface area contributed by atoms with Crippen LogP contribution >= 0.6 is 0 Å². The second kappa shape index (κ2) is 5.56. The van der Waals surface area contributed by atoms with Gasteiger partial charge in [0.1, 0.15) is 5.69 Å². The van der Waals surface area contributed by atoms with Crippen molar-refractivity contribution in [3.63, 3.8) is 0 Å². The SMILES string of the molecule is c1ccc(-n2nc(C3CCOC3)nc2-c2n[nH]c3c2CCC3)cc1. The first kappa shape index (κ1) is 13.9. The van der Waals surface area contributed by atoms with E-state index in [1.807, 2.05) is 22.9 Å². The van der Waals surface area contributed by atoms with Crippen molar-refractivity contribution in [2.75, 3.05) is 13.2 Å². The summed E-state index contributed by atoms with van der Waals surface area (Å²) in [5.74, 6) is 1.98. The second-order valence-electron chi connectivity index (χ2n) is 6.48. The Bertz CT molecular complexity index is 861. The van der Waals surface area contributed by atoms with Gasteiger partial charge in [-0.2, -0.15) is 10.2 Å². The molecule has 0 radical (unpaired) electrons. The van der Waals surface area contributed by atoms with Gasteiger partial charge in [-0.15, -0.1) is 0 Å². The van der Waals surface area contributed by atoms with Crippen molar-refractivity contribution in [2.45, 2.75) is 31.6 Å². The third kappa shape index (κ3) is 2.17. The fraction of sp³-hybridized carbons (Fsp3) is 0.389. The van der Waals surface area contributed by atoms with Crippen molar-refractivity contribution < 1.29 is 4.74 Å². The summed E-state index contributed by atoms with van der Waals surface area (Å²) in [6.07, 6.45) is 4.30. The molecule has 6 heteroatoms. The molecule has 6 nitrogen and oxygen atoms in total. The minimum Gasteiger partial charge on any atom is -0.381 e. The molecule has 1 N–H and O–H groups in total. The van der Waals surface area contributed by atoms with Crippen LogP contribution in [0.15, 0.2) is 30.3 Å². The van der Waals surface area contributed by atoms with Gasteiger partial charge in [-0.05, 0) is 37.8 Å². The van der Waals surface area contributed by atoms with E-state index in [-0.39, 0.29) is 5.92 Å². The molecule has 2 aromatic heterocycles. The number of aryl methyl sites for hydroxylation is 1. The van der Waals surface area contributed by atoms with E-state index in [2.05, 4.69) is 22.3 Å². The summed E-state index contributed by atoms with van der Waals surface area (Å²) >= 11 is 0. The van der Waals surface area contributed by atoms with Crippen molar-refractivity contribution in [1.29, 1.82) is 0 Å². The van der Waals surface area contributed by atoms with Gasteiger partial charge in [-0.25, -0.2) is 9.67 Å². The van der Waals surface area contributed by atoms with Crippen LogP contribution in [0.2, 0.25) is 0 Å². The number of aromatic amines is 1. The maximum atomic E-state index is 5.52. The minimum atomic E-state index is 0.278. The van der Waals surface area contributed by atoms with Crippen LogP contribution in [0, 0.1) is 0 Å². The number of aromatic nitrogens is 5. The van der Waals surface area contributed by atoms with Gasteiger partial charge < -0.3 is 4.74 Å². The summed E-state index contributed by atoms with van der Waals surface area (Å²) in [6.45, 7) is 1.49. The number of nitrogens with zero attached hydrogens (tertiary/aromatic N) is 4. The second-order valence-corrected chi connectivity index (χ2v) is 6.48. The van der Waals surface area contributed by atoms with E-state index in [0.717, 1.165) is 48.9 Å². The fourth-order valence-electron chi connectivity index (χ4n) is 3.65. The lowest BCUT2D eigenvalue weighted by atomic mass is 10.1. The zero-order valence-corrected chi connectivity index (χ0v) is 13.4. The number of fused-ring (bicyclic) bond motifs is 1. The summed E-state index contributed by atoms with van der Waals surface area (Å²) in [7, 11) is 0. The Hall–Kier alpha value is -2.47. The Morgan fingerprint density at radius 2 is 2.08 bits per heavy atom. The number of nitrogens with one attached hydrogen (secondary N) is 1. The highest BCUT2D eigenvalue weighted by molar-refractivity contribution is 5.60. The predicted molar refractivity (Wildman–Crippen MR) is 89.1 cm³/mol. The maximum absolute atomic E-state index is 5.52. The third-order valence-electron chi connectivity index (χ3n) is 4.94. The van der Waals surface area contributed by atoms with Crippen molar-refractivity contribution in [3.8, 4) is 17.2 Å². The van der Waals surface area contributed by atoms with Crippen molar-refractivity contribution in [1.82, 2.24) is 25.0 Å². The summed E-state index contributed by atoms with van der Waals surface area (Å²) in [4.78, 5) is 4.88. The van der Waals surface area contributed by atoms with Crippen LogP contribution in [-0.2, 0) is 17.6 Å². The van der Waals surface area contributed by atoms with Gasteiger partial charge in [0.05, 0.1) is 12.3 Å². The molecule has 2 aliphatic rings. The van der Waals surface area contributed by atoms with Crippen LogP contribution < -0.4 is 0 Å². The molecular weight excluding hydrogens is 302 g/mol. The van der Waals surface area contributed by atoms with Gasteiger partial charge in [0.15, 0.2) is 11.6 Å². The van der Waals surface area contributed by atoms with Crippen LogP contribution in [0.3, 0.4) is 0 Å². The average Bonchev–Trinajstić information content (AvgIpc) is 3.37. The number of hydrogen-bond donors (Lipinski definition) is 1. The molecule has 1 atom stereocenters. The lowest BCUT2D eigenvalue weighted by Crippen LogP contribution is -2.03. The summed E-state index contributed by atoms with van der Waals surface area (Å²) < 4.78 is 7.45. The van der Waals surface area contributed by atoms with Crippen molar-refractivity contribution >= 4 is 0 Å². The molecule has 1 unspecified atom stereocenters. The number of para-hydroxylation sites is 1. The molecule has 3 heterocycles. The van der Waals surface area contributed by atoms with E-state index in [1.165, 1.54) is 17.7 Å². The molecule has 3 aromatic rings. The molecule has 1 aromatic carbocycles. The van der Waals surface area contributed by atoms with E-state index in [4.69, 9.17) is 14.8 Å². The topological polar surface area (TPSA) is 68.6 Å². The normalized spacial score (nSPS) is 19.8. The molecule has 0 bridgehead atoms. The lowest BCUT2D eigenvalue weighted by molar-refractivity contribution is 0.193. The Kier molecular flexibility index (Phi) is 3.23.